The van der Waals surface area contributed by atoms with E-state index in [0.29, 0.717) is 12.8 Å². The highest BCUT2D eigenvalue weighted by Gasteiger charge is 2.74. The van der Waals surface area contributed by atoms with Crippen LogP contribution in [0, 0.1) is 17.8 Å². The van der Waals surface area contributed by atoms with E-state index in [4.69, 9.17) is 9.47 Å². The van der Waals surface area contributed by atoms with E-state index in [2.05, 4.69) is 5.32 Å². The number of nitrogens with zero attached hydrogens (tertiary/aromatic N) is 2. The first kappa shape index (κ1) is 31.9. The minimum absolute atomic E-state index is 0.0677. The zero-order valence-electron chi connectivity index (χ0n) is 26.3. The number of likely N-dealkylation sites (tertiary alicyclic amines) is 1. The van der Waals surface area contributed by atoms with Gasteiger partial charge in [0.2, 0.25) is 17.7 Å². The highest BCUT2D eigenvalue weighted by atomic mass is 16.5. The van der Waals surface area contributed by atoms with Crippen molar-refractivity contribution in [2.24, 2.45) is 17.8 Å². The second-order valence-corrected chi connectivity index (χ2v) is 13.4. The second-order valence-electron chi connectivity index (χ2n) is 13.4. The molecule has 1 spiro atoms. The van der Waals surface area contributed by atoms with Crippen molar-refractivity contribution in [1.29, 1.82) is 0 Å². The van der Waals surface area contributed by atoms with Crippen LogP contribution in [-0.4, -0.2) is 87.7 Å². The summed E-state index contributed by atoms with van der Waals surface area (Å²) in [4.78, 5) is 59.3. The molecule has 5 bridgehead atoms. The van der Waals surface area contributed by atoms with Gasteiger partial charge < -0.3 is 29.7 Å². The zero-order valence-corrected chi connectivity index (χ0v) is 26.3. The van der Waals surface area contributed by atoms with Crippen molar-refractivity contribution in [1.82, 2.24) is 15.1 Å². The number of allylic oxidation sites excluding steroid dienone is 1. The lowest BCUT2D eigenvalue weighted by atomic mass is 9.73. The van der Waals surface area contributed by atoms with Gasteiger partial charge in [0.15, 0.2) is 0 Å². The normalized spacial score (nSPS) is 33.2. The third-order valence-electron chi connectivity index (χ3n) is 9.67. The summed E-state index contributed by atoms with van der Waals surface area (Å²) in [5.74, 6) is -3.48. The molecule has 2 saturated heterocycles. The number of benzene rings is 1. The Kier molecular flexibility index (Phi) is 9.05. The Morgan fingerprint density at radius 3 is 2.48 bits per heavy atom. The first-order chi connectivity index (χ1) is 20.9. The van der Waals surface area contributed by atoms with Crippen LogP contribution < -0.4 is 5.32 Å². The van der Waals surface area contributed by atoms with Gasteiger partial charge in [0.1, 0.15) is 18.2 Å². The first-order valence-corrected chi connectivity index (χ1v) is 15.7. The molecular weight excluding hydrogens is 562 g/mol. The first-order valence-electron chi connectivity index (χ1n) is 15.7. The number of hydrogen-bond donors (Lipinski definition) is 2. The smallest absolute Gasteiger partial charge is 0.306 e. The van der Waals surface area contributed by atoms with E-state index < -0.39 is 59.1 Å². The number of esters is 1. The van der Waals surface area contributed by atoms with Crippen molar-refractivity contribution in [3.63, 3.8) is 0 Å². The number of cyclic esters (lactones) is 1. The molecule has 238 valence electrons. The van der Waals surface area contributed by atoms with Gasteiger partial charge in [-0.3, -0.25) is 19.2 Å². The van der Waals surface area contributed by atoms with Crippen LogP contribution in [0.2, 0.25) is 0 Å². The summed E-state index contributed by atoms with van der Waals surface area (Å²) < 4.78 is 12.2. The van der Waals surface area contributed by atoms with Crippen LogP contribution >= 0.6 is 0 Å². The number of amides is 3. The second kappa shape index (κ2) is 12.5. The SMILES string of the molecule is CC[C@H](C)[C@H](CO)N1C(=O)[C@H]2[C@@H]3C(=O)N[C@H](c4ccccc4)COC(=O)CC/C=C\CN(C(C)(C)C)C(=O)[C@H]1[C@@]21C=C[C@@H]3O1. The highest BCUT2D eigenvalue weighted by Crippen LogP contribution is 2.56. The third kappa shape index (κ3) is 5.58. The number of ether oxygens (including phenoxy) is 2. The maximum atomic E-state index is 14.8. The fourth-order valence-corrected chi connectivity index (χ4v) is 7.12. The summed E-state index contributed by atoms with van der Waals surface area (Å²) in [6.07, 6.45) is 7.82. The summed E-state index contributed by atoms with van der Waals surface area (Å²) in [6, 6.07) is 6.88. The minimum Gasteiger partial charge on any atom is -0.463 e. The predicted octanol–water partition coefficient (Wildman–Crippen LogP) is 2.92. The third-order valence-corrected chi connectivity index (χ3v) is 9.67. The monoisotopic (exact) mass is 607 g/mol. The molecule has 2 fully saturated rings. The van der Waals surface area contributed by atoms with E-state index in [1.807, 2.05) is 77.1 Å². The van der Waals surface area contributed by atoms with E-state index >= 15 is 0 Å². The summed E-state index contributed by atoms with van der Waals surface area (Å²) in [6.45, 7) is 9.57. The molecule has 1 aromatic rings. The summed E-state index contributed by atoms with van der Waals surface area (Å²) in [7, 11) is 0. The van der Waals surface area contributed by atoms with E-state index in [0.717, 1.165) is 5.56 Å². The molecule has 2 N–H and O–H groups in total. The number of aliphatic hydroxyl groups excluding tert-OH is 1. The number of rotatable bonds is 5. The largest absolute Gasteiger partial charge is 0.463 e. The molecule has 5 rings (SSSR count). The van der Waals surface area contributed by atoms with Crippen molar-refractivity contribution in [3.05, 3.63) is 60.2 Å². The topological polar surface area (TPSA) is 125 Å². The molecule has 10 heteroatoms. The van der Waals surface area contributed by atoms with Crippen LogP contribution in [0.4, 0.5) is 0 Å². The lowest BCUT2D eigenvalue weighted by Crippen LogP contribution is -2.62. The molecule has 3 amide bonds. The van der Waals surface area contributed by atoms with Crippen molar-refractivity contribution in [2.45, 2.75) is 89.3 Å². The molecule has 4 aliphatic heterocycles. The molecule has 10 nitrogen and oxygen atoms in total. The van der Waals surface area contributed by atoms with E-state index in [9.17, 15) is 24.3 Å². The molecule has 8 atom stereocenters. The number of aliphatic hydroxyl groups is 1. The number of hydrogen-bond acceptors (Lipinski definition) is 7. The molecular formula is C34H45N3O7. The lowest BCUT2D eigenvalue weighted by molar-refractivity contribution is -0.154. The fourth-order valence-electron chi connectivity index (χ4n) is 7.12. The van der Waals surface area contributed by atoms with E-state index in [1.165, 1.54) is 4.90 Å². The predicted molar refractivity (Wildman–Crippen MR) is 163 cm³/mol. The quantitative estimate of drug-likeness (QED) is 0.390. The van der Waals surface area contributed by atoms with Crippen LogP contribution in [0.25, 0.3) is 0 Å². The Morgan fingerprint density at radius 1 is 1.09 bits per heavy atom. The van der Waals surface area contributed by atoms with Crippen LogP contribution in [0.15, 0.2) is 54.6 Å². The van der Waals surface area contributed by atoms with Gasteiger partial charge in [0.25, 0.3) is 0 Å². The van der Waals surface area contributed by atoms with Crippen molar-refractivity contribution in [3.8, 4) is 0 Å². The molecule has 0 unspecified atom stereocenters. The Bertz CT molecular complexity index is 1320. The average molecular weight is 608 g/mol. The molecule has 4 heterocycles. The minimum atomic E-state index is -1.36. The fraction of sp³-hybridized carbons (Fsp3) is 0.588. The van der Waals surface area contributed by atoms with Gasteiger partial charge in [-0.25, -0.2) is 0 Å². The maximum absolute atomic E-state index is 14.8. The Hall–Kier alpha value is -3.50. The molecule has 0 aromatic heterocycles. The van der Waals surface area contributed by atoms with Gasteiger partial charge in [-0.05, 0) is 38.7 Å². The van der Waals surface area contributed by atoms with Gasteiger partial charge in [-0.2, -0.15) is 0 Å². The Labute approximate surface area is 259 Å². The van der Waals surface area contributed by atoms with Gasteiger partial charge >= 0.3 is 5.97 Å². The number of carbonyl (C=O) groups is 4. The van der Waals surface area contributed by atoms with Crippen molar-refractivity contribution in [2.75, 3.05) is 19.8 Å². The van der Waals surface area contributed by atoms with Gasteiger partial charge in [-0.1, -0.05) is 74.9 Å². The number of fused-ring (bicyclic) bond motifs is 2. The van der Waals surface area contributed by atoms with Crippen LogP contribution in [0.3, 0.4) is 0 Å². The molecule has 0 radical (unpaired) electrons. The van der Waals surface area contributed by atoms with Crippen LogP contribution in [0.5, 0.6) is 0 Å². The summed E-state index contributed by atoms with van der Waals surface area (Å²) >= 11 is 0. The Balaban J connectivity index is 1.62. The van der Waals surface area contributed by atoms with Crippen molar-refractivity contribution >= 4 is 23.7 Å². The summed E-state index contributed by atoms with van der Waals surface area (Å²) in [5.41, 5.74) is -1.23. The molecule has 4 aliphatic rings. The zero-order chi connectivity index (χ0) is 31.8. The standard InChI is InChI=1S/C34H45N3O7/c1-6-21(2)24(19-38)37-29-32(42)36(33(3,4)5)18-12-8-11-15-26(39)43-20-23(22-13-9-7-10-14-22)35-30(40)27-25-16-17-34(29,44-25)28(27)31(37)41/h7-10,12-14,16-17,21,23-25,27-29,38H,6,11,15,18-20H2,1-5H3,(H,35,40)/b12-8-/t21-,23-,24-,25-,27+,28+,29-,34+/m0/s1. The number of carbonyl (C=O) groups excluding carboxylic acids is 4. The van der Waals surface area contributed by atoms with Gasteiger partial charge in [0, 0.05) is 18.5 Å². The lowest BCUT2D eigenvalue weighted by Gasteiger charge is -2.44. The maximum Gasteiger partial charge on any atom is 0.306 e. The summed E-state index contributed by atoms with van der Waals surface area (Å²) in [5, 5.41) is 13.6. The van der Waals surface area contributed by atoms with Gasteiger partial charge in [0.05, 0.1) is 36.6 Å². The average Bonchev–Trinajstić information content (AvgIpc) is 3.64. The molecule has 0 saturated carbocycles. The van der Waals surface area contributed by atoms with Crippen molar-refractivity contribution < 1.29 is 33.8 Å². The Morgan fingerprint density at radius 2 is 1.82 bits per heavy atom. The van der Waals surface area contributed by atoms with E-state index in [-0.39, 0.29) is 43.9 Å². The van der Waals surface area contributed by atoms with Crippen LogP contribution in [0.1, 0.15) is 65.5 Å². The molecule has 44 heavy (non-hydrogen) atoms. The molecule has 0 aliphatic carbocycles. The number of nitrogens with one attached hydrogen (secondary N) is 1. The van der Waals surface area contributed by atoms with Gasteiger partial charge in [-0.15, -0.1) is 0 Å². The molecule has 1 aromatic carbocycles. The van der Waals surface area contributed by atoms with E-state index in [1.54, 1.807) is 17.1 Å². The highest BCUT2D eigenvalue weighted by molar-refractivity contribution is 6.00. The van der Waals surface area contributed by atoms with Crippen LogP contribution in [-0.2, 0) is 28.7 Å².